The first-order valence-electron chi connectivity index (χ1n) is 6.68. The Morgan fingerprint density at radius 1 is 0.955 bits per heavy atom. The predicted molar refractivity (Wildman–Crippen MR) is 83.7 cm³/mol. The van der Waals surface area contributed by atoms with Gasteiger partial charge >= 0.3 is 0 Å². The van der Waals surface area contributed by atoms with E-state index < -0.39 is 9.84 Å². The van der Waals surface area contributed by atoms with Crippen molar-refractivity contribution in [3.8, 4) is 22.6 Å². The minimum absolute atomic E-state index is 0.167. The van der Waals surface area contributed by atoms with Crippen molar-refractivity contribution in [2.24, 2.45) is 0 Å². The summed E-state index contributed by atoms with van der Waals surface area (Å²) >= 11 is 0. The smallest absolute Gasteiger partial charge is 0.258 e. The van der Waals surface area contributed by atoms with Crippen molar-refractivity contribution in [3.05, 3.63) is 60.4 Å². The van der Waals surface area contributed by atoms with Crippen LogP contribution < -0.4 is 0 Å². The van der Waals surface area contributed by atoms with Crippen LogP contribution in [0.1, 0.15) is 5.82 Å². The molecule has 3 aromatic rings. The van der Waals surface area contributed by atoms with Gasteiger partial charge in [-0.1, -0.05) is 53.7 Å². The molecule has 1 heterocycles. The molecule has 0 spiro atoms. The van der Waals surface area contributed by atoms with E-state index >= 15 is 0 Å². The molecule has 1 aromatic heterocycles. The van der Waals surface area contributed by atoms with Gasteiger partial charge in [0.2, 0.25) is 0 Å². The largest absolute Gasteiger partial charge is 0.334 e. The van der Waals surface area contributed by atoms with E-state index in [9.17, 15) is 8.42 Å². The van der Waals surface area contributed by atoms with Gasteiger partial charge in [-0.2, -0.15) is 4.98 Å². The van der Waals surface area contributed by atoms with Crippen molar-refractivity contribution in [1.29, 1.82) is 0 Å². The first-order valence-corrected chi connectivity index (χ1v) is 8.74. The highest BCUT2D eigenvalue weighted by molar-refractivity contribution is 7.89. The quantitative estimate of drug-likeness (QED) is 0.740. The predicted octanol–water partition coefficient (Wildman–Crippen LogP) is 2.95. The molecule has 0 amide bonds. The molecule has 22 heavy (non-hydrogen) atoms. The summed E-state index contributed by atoms with van der Waals surface area (Å²) in [5, 5.41) is 3.75. The molecule has 0 aliphatic carbocycles. The third-order valence-corrected chi connectivity index (χ3v) is 3.88. The second-order valence-corrected chi connectivity index (χ2v) is 7.14. The third kappa shape index (κ3) is 3.23. The van der Waals surface area contributed by atoms with Gasteiger partial charge in [0.05, 0.1) is 0 Å². The zero-order chi connectivity index (χ0) is 15.6. The molecular weight excluding hydrogens is 300 g/mol. The fraction of sp³-hybridized carbons (Fsp3) is 0.125. The van der Waals surface area contributed by atoms with Gasteiger partial charge in [0, 0.05) is 11.8 Å². The van der Waals surface area contributed by atoms with Crippen molar-refractivity contribution in [3.63, 3.8) is 0 Å². The molecular formula is C16H14N2O3S. The molecule has 5 nitrogen and oxygen atoms in total. The summed E-state index contributed by atoms with van der Waals surface area (Å²) < 4.78 is 27.9. The molecule has 0 saturated carbocycles. The van der Waals surface area contributed by atoms with Gasteiger partial charge < -0.3 is 4.52 Å². The number of sulfone groups is 1. The highest BCUT2D eigenvalue weighted by Gasteiger charge is 2.16. The summed E-state index contributed by atoms with van der Waals surface area (Å²) in [5.41, 5.74) is 2.76. The maximum absolute atomic E-state index is 11.3. The molecule has 0 aliphatic heterocycles. The standard InChI is InChI=1S/C16H14N2O3S/c1-22(19,20)11-15-17-16(21-18-15)14-10-6-5-9-13(14)12-7-3-2-4-8-12/h2-10H,11H2,1H3. The Hall–Kier alpha value is -2.47. The minimum Gasteiger partial charge on any atom is -0.334 e. The lowest BCUT2D eigenvalue weighted by Crippen LogP contribution is -2.02. The topological polar surface area (TPSA) is 73.1 Å². The van der Waals surface area contributed by atoms with Gasteiger partial charge in [-0.15, -0.1) is 0 Å². The average Bonchev–Trinajstić information content (AvgIpc) is 2.94. The van der Waals surface area contributed by atoms with E-state index in [-0.39, 0.29) is 11.6 Å². The summed E-state index contributed by atoms with van der Waals surface area (Å²) in [5.74, 6) is 0.253. The van der Waals surface area contributed by atoms with E-state index in [4.69, 9.17) is 4.52 Å². The number of hydrogen-bond donors (Lipinski definition) is 0. The first kappa shape index (κ1) is 14.5. The van der Waals surface area contributed by atoms with Crippen LogP contribution in [0, 0.1) is 0 Å². The maximum Gasteiger partial charge on any atom is 0.258 e. The summed E-state index contributed by atoms with van der Waals surface area (Å²) in [6.45, 7) is 0. The normalized spacial score (nSPS) is 11.5. The van der Waals surface area contributed by atoms with E-state index in [1.807, 2.05) is 54.6 Å². The van der Waals surface area contributed by atoms with E-state index in [1.54, 1.807) is 0 Å². The molecule has 6 heteroatoms. The summed E-state index contributed by atoms with van der Waals surface area (Å²) in [6, 6.07) is 17.5. The highest BCUT2D eigenvalue weighted by atomic mass is 32.2. The van der Waals surface area contributed by atoms with Gasteiger partial charge in [-0.3, -0.25) is 0 Å². The van der Waals surface area contributed by atoms with Crippen LogP contribution in [0.15, 0.2) is 59.1 Å². The van der Waals surface area contributed by atoms with Crippen LogP contribution in [0.2, 0.25) is 0 Å². The lowest BCUT2D eigenvalue weighted by Gasteiger charge is -2.05. The van der Waals surface area contributed by atoms with Crippen LogP contribution in [0.4, 0.5) is 0 Å². The van der Waals surface area contributed by atoms with E-state index in [1.165, 1.54) is 0 Å². The maximum atomic E-state index is 11.3. The summed E-state index contributed by atoms with van der Waals surface area (Å²) in [4.78, 5) is 4.20. The SMILES string of the molecule is CS(=O)(=O)Cc1noc(-c2ccccc2-c2ccccc2)n1. The Labute approximate surface area is 128 Å². The van der Waals surface area contributed by atoms with Gasteiger partial charge in [0.1, 0.15) is 5.75 Å². The van der Waals surface area contributed by atoms with E-state index in [0.29, 0.717) is 5.89 Å². The lowest BCUT2D eigenvalue weighted by atomic mass is 10.00. The van der Waals surface area contributed by atoms with Crippen LogP contribution in [0.5, 0.6) is 0 Å². The second-order valence-electron chi connectivity index (χ2n) is 5.00. The van der Waals surface area contributed by atoms with E-state index in [0.717, 1.165) is 22.9 Å². The fourth-order valence-corrected chi connectivity index (χ4v) is 2.78. The average molecular weight is 314 g/mol. The molecule has 0 atom stereocenters. The number of hydrogen-bond acceptors (Lipinski definition) is 5. The Bertz CT molecular complexity index is 887. The Balaban J connectivity index is 2.03. The number of aromatic nitrogens is 2. The molecule has 0 unspecified atom stereocenters. The second kappa shape index (κ2) is 5.73. The molecule has 0 saturated heterocycles. The molecule has 3 rings (SSSR count). The highest BCUT2D eigenvalue weighted by Crippen LogP contribution is 2.30. The Morgan fingerprint density at radius 3 is 2.27 bits per heavy atom. The van der Waals surface area contributed by atoms with Crippen LogP contribution in [-0.2, 0) is 15.6 Å². The first-order chi connectivity index (χ1) is 10.5. The zero-order valence-corrected chi connectivity index (χ0v) is 12.7. The Morgan fingerprint density at radius 2 is 1.59 bits per heavy atom. The van der Waals surface area contributed by atoms with Crippen LogP contribution in [-0.4, -0.2) is 24.8 Å². The molecule has 0 fully saturated rings. The Kier molecular flexibility index (Phi) is 3.77. The lowest BCUT2D eigenvalue weighted by molar-refractivity contribution is 0.424. The summed E-state index contributed by atoms with van der Waals surface area (Å²) in [7, 11) is -3.19. The molecule has 112 valence electrons. The van der Waals surface area contributed by atoms with Crippen LogP contribution in [0.3, 0.4) is 0 Å². The van der Waals surface area contributed by atoms with Gasteiger partial charge in [-0.05, 0) is 17.2 Å². The molecule has 0 radical (unpaired) electrons. The van der Waals surface area contributed by atoms with Gasteiger partial charge in [0.25, 0.3) is 5.89 Å². The van der Waals surface area contributed by atoms with Crippen molar-refractivity contribution in [2.75, 3.05) is 6.26 Å². The number of nitrogens with zero attached hydrogens (tertiary/aromatic N) is 2. The fourth-order valence-electron chi connectivity index (χ4n) is 2.20. The molecule has 0 N–H and O–H groups in total. The monoisotopic (exact) mass is 314 g/mol. The number of rotatable bonds is 4. The zero-order valence-electron chi connectivity index (χ0n) is 11.9. The van der Waals surface area contributed by atoms with Crippen LogP contribution in [0.25, 0.3) is 22.6 Å². The van der Waals surface area contributed by atoms with Gasteiger partial charge in [0.15, 0.2) is 15.7 Å². The summed E-state index contributed by atoms with van der Waals surface area (Å²) in [6.07, 6.45) is 1.14. The van der Waals surface area contributed by atoms with Crippen molar-refractivity contribution >= 4 is 9.84 Å². The molecule has 0 bridgehead atoms. The number of benzene rings is 2. The minimum atomic E-state index is -3.19. The third-order valence-electron chi connectivity index (χ3n) is 3.10. The van der Waals surface area contributed by atoms with E-state index in [2.05, 4.69) is 10.1 Å². The van der Waals surface area contributed by atoms with Gasteiger partial charge in [-0.25, -0.2) is 8.42 Å². The van der Waals surface area contributed by atoms with Crippen molar-refractivity contribution in [1.82, 2.24) is 10.1 Å². The molecule has 0 aliphatic rings. The van der Waals surface area contributed by atoms with Crippen LogP contribution >= 0.6 is 0 Å². The molecule has 2 aromatic carbocycles. The van der Waals surface area contributed by atoms with Crippen molar-refractivity contribution < 1.29 is 12.9 Å². The van der Waals surface area contributed by atoms with Crippen molar-refractivity contribution in [2.45, 2.75) is 5.75 Å².